The Kier molecular flexibility index (Phi) is 5.25. The third kappa shape index (κ3) is 3.71. The van der Waals surface area contributed by atoms with E-state index in [9.17, 15) is 14.7 Å². The standard InChI is InChI=1S/C19H24N4O3/c1-3-20-19(26)23-17(13-6-4-5-7-13)11-16(22-23)15-10-14(21-12(2)24)8-9-18(15)25/h8-11,13,25H,3-7H2,1-2H3,(H,20,26)(H,21,24). The first-order valence-corrected chi connectivity index (χ1v) is 8.98. The second-order valence-electron chi connectivity index (χ2n) is 6.60. The number of aromatic nitrogens is 2. The van der Waals surface area contributed by atoms with E-state index in [2.05, 4.69) is 15.7 Å². The zero-order valence-electron chi connectivity index (χ0n) is 15.1. The van der Waals surface area contributed by atoms with Crippen LogP contribution in [0, 0.1) is 0 Å². The minimum Gasteiger partial charge on any atom is -0.507 e. The number of phenols is 1. The molecule has 3 rings (SSSR count). The van der Waals surface area contributed by atoms with Gasteiger partial charge in [-0.15, -0.1) is 0 Å². The quantitative estimate of drug-likeness (QED) is 0.731. The molecule has 7 nitrogen and oxygen atoms in total. The van der Waals surface area contributed by atoms with E-state index in [1.54, 1.807) is 12.1 Å². The summed E-state index contributed by atoms with van der Waals surface area (Å²) in [6, 6.07) is 6.41. The largest absolute Gasteiger partial charge is 0.507 e. The Bertz CT molecular complexity index is 822. The summed E-state index contributed by atoms with van der Waals surface area (Å²) in [7, 11) is 0. The number of nitrogens with one attached hydrogen (secondary N) is 2. The maximum atomic E-state index is 12.4. The molecule has 1 aromatic carbocycles. The van der Waals surface area contributed by atoms with Crippen LogP contribution in [-0.2, 0) is 4.79 Å². The number of anilines is 1. The fourth-order valence-corrected chi connectivity index (χ4v) is 3.45. The summed E-state index contributed by atoms with van der Waals surface area (Å²) in [5, 5.41) is 20.2. The van der Waals surface area contributed by atoms with Gasteiger partial charge >= 0.3 is 6.03 Å². The number of hydrogen-bond donors (Lipinski definition) is 3. The lowest BCUT2D eigenvalue weighted by molar-refractivity contribution is -0.114. The summed E-state index contributed by atoms with van der Waals surface area (Å²) in [6.45, 7) is 3.80. The lowest BCUT2D eigenvalue weighted by Crippen LogP contribution is -2.30. The van der Waals surface area contributed by atoms with Crippen molar-refractivity contribution in [3.05, 3.63) is 30.0 Å². The lowest BCUT2D eigenvalue weighted by atomic mass is 10.0. The first-order valence-electron chi connectivity index (χ1n) is 8.98. The second kappa shape index (κ2) is 7.59. The number of aromatic hydroxyl groups is 1. The van der Waals surface area contributed by atoms with Crippen molar-refractivity contribution in [1.29, 1.82) is 0 Å². The van der Waals surface area contributed by atoms with E-state index >= 15 is 0 Å². The summed E-state index contributed by atoms with van der Waals surface area (Å²) in [5.41, 5.74) is 2.44. The second-order valence-corrected chi connectivity index (χ2v) is 6.60. The molecule has 0 radical (unpaired) electrons. The third-order valence-electron chi connectivity index (χ3n) is 4.62. The fourth-order valence-electron chi connectivity index (χ4n) is 3.45. The summed E-state index contributed by atoms with van der Waals surface area (Å²) >= 11 is 0. The summed E-state index contributed by atoms with van der Waals surface area (Å²) in [4.78, 5) is 23.7. The van der Waals surface area contributed by atoms with Crippen LogP contribution in [0.4, 0.5) is 10.5 Å². The number of amides is 2. The van der Waals surface area contributed by atoms with Gasteiger partial charge in [-0.3, -0.25) is 4.79 Å². The number of phenolic OH excluding ortho intramolecular Hbond substituents is 1. The van der Waals surface area contributed by atoms with Crippen LogP contribution in [-0.4, -0.2) is 33.4 Å². The number of hydrogen-bond acceptors (Lipinski definition) is 4. The van der Waals surface area contributed by atoms with Crippen molar-refractivity contribution in [2.45, 2.75) is 45.4 Å². The monoisotopic (exact) mass is 356 g/mol. The van der Waals surface area contributed by atoms with Crippen molar-refractivity contribution in [1.82, 2.24) is 15.1 Å². The average molecular weight is 356 g/mol. The first-order chi connectivity index (χ1) is 12.5. The molecule has 2 amide bonds. The maximum absolute atomic E-state index is 12.4. The van der Waals surface area contributed by atoms with E-state index in [1.165, 1.54) is 17.7 Å². The maximum Gasteiger partial charge on any atom is 0.342 e. The van der Waals surface area contributed by atoms with Gasteiger partial charge in [0.1, 0.15) is 5.75 Å². The Hall–Kier alpha value is -2.83. The highest BCUT2D eigenvalue weighted by Gasteiger charge is 2.25. The molecule has 3 N–H and O–H groups in total. The van der Waals surface area contributed by atoms with Gasteiger partial charge in [0.25, 0.3) is 0 Å². The predicted molar refractivity (Wildman–Crippen MR) is 99.3 cm³/mol. The van der Waals surface area contributed by atoms with Crippen LogP contribution in [0.1, 0.15) is 51.1 Å². The van der Waals surface area contributed by atoms with Gasteiger partial charge < -0.3 is 15.7 Å². The Morgan fingerprint density at radius 3 is 2.65 bits per heavy atom. The van der Waals surface area contributed by atoms with Gasteiger partial charge in [0.2, 0.25) is 5.91 Å². The minimum atomic E-state index is -0.266. The molecule has 0 bridgehead atoms. The average Bonchev–Trinajstić information content (AvgIpc) is 3.25. The minimum absolute atomic E-state index is 0.0534. The van der Waals surface area contributed by atoms with Gasteiger partial charge in [0, 0.05) is 30.6 Å². The molecule has 138 valence electrons. The molecule has 1 heterocycles. The van der Waals surface area contributed by atoms with Crippen LogP contribution < -0.4 is 10.6 Å². The smallest absolute Gasteiger partial charge is 0.342 e. The van der Waals surface area contributed by atoms with Crippen LogP contribution in [0.2, 0.25) is 0 Å². The van der Waals surface area contributed by atoms with Gasteiger partial charge in [-0.25, -0.2) is 4.79 Å². The molecule has 1 aliphatic rings. The van der Waals surface area contributed by atoms with Crippen LogP contribution in [0.5, 0.6) is 5.75 Å². The molecule has 0 aliphatic heterocycles. The Labute approximate surface area is 152 Å². The highest BCUT2D eigenvalue weighted by atomic mass is 16.3. The molecule has 0 unspecified atom stereocenters. The van der Waals surface area contributed by atoms with E-state index in [4.69, 9.17) is 0 Å². The molecular weight excluding hydrogens is 332 g/mol. The Morgan fingerprint density at radius 1 is 1.27 bits per heavy atom. The zero-order valence-corrected chi connectivity index (χ0v) is 15.1. The molecule has 1 aromatic heterocycles. The van der Waals surface area contributed by atoms with Gasteiger partial charge in [-0.2, -0.15) is 9.78 Å². The normalized spacial score (nSPS) is 14.4. The fraction of sp³-hybridized carbons (Fsp3) is 0.421. The van der Waals surface area contributed by atoms with Gasteiger partial charge in [-0.05, 0) is 44.0 Å². The lowest BCUT2D eigenvalue weighted by Gasteiger charge is -2.11. The molecule has 7 heteroatoms. The molecule has 0 saturated heterocycles. The van der Waals surface area contributed by atoms with Crippen molar-refractivity contribution < 1.29 is 14.7 Å². The number of nitrogens with zero attached hydrogens (tertiary/aromatic N) is 2. The number of carbonyl (C=O) groups is 2. The highest BCUT2D eigenvalue weighted by Crippen LogP contribution is 2.38. The zero-order chi connectivity index (χ0) is 18.7. The predicted octanol–water partition coefficient (Wildman–Crippen LogP) is 3.45. The van der Waals surface area contributed by atoms with Gasteiger partial charge in [0.15, 0.2) is 0 Å². The Morgan fingerprint density at radius 2 is 2.00 bits per heavy atom. The molecular formula is C19H24N4O3. The number of carbonyl (C=O) groups excluding carboxylic acids is 2. The SMILES string of the molecule is CCNC(=O)n1nc(-c2cc(NC(C)=O)ccc2O)cc1C1CCCC1. The van der Waals surface area contributed by atoms with Crippen molar-refractivity contribution in [2.75, 3.05) is 11.9 Å². The van der Waals surface area contributed by atoms with Crippen LogP contribution in [0.3, 0.4) is 0 Å². The molecule has 0 atom stereocenters. The number of rotatable bonds is 4. The van der Waals surface area contributed by atoms with E-state index < -0.39 is 0 Å². The number of benzene rings is 1. The first kappa shape index (κ1) is 18.0. The summed E-state index contributed by atoms with van der Waals surface area (Å²) in [5.74, 6) is 0.151. The molecule has 26 heavy (non-hydrogen) atoms. The van der Waals surface area contributed by atoms with E-state index in [-0.39, 0.29) is 17.7 Å². The van der Waals surface area contributed by atoms with E-state index in [0.717, 1.165) is 31.4 Å². The topological polar surface area (TPSA) is 96.3 Å². The van der Waals surface area contributed by atoms with Gasteiger partial charge in [0.05, 0.1) is 11.4 Å². The van der Waals surface area contributed by atoms with Crippen LogP contribution in [0.25, 0.3) is 11.3 Å². The van der Waals surface area contributed by atoms with Crippen LogP contribution in [0.15, 0.2) is 24.3 Å². The van der Waals surface area contributed by atoms with Crippen molar-refractivity contribution in [2.24, 2.45) is 0 Å². The van der Waals surface area contributed by atoms with Crippen molar-refractivity contribution >= 4 is 17.6 Å². The van der Waals surface area contributed by atoms with E-state index in [0.29, 0.717) is 29.4 Å². The molecule has 1 aliphatic carbocycles. The van der Waals surface area contributed by atoms with Crippen molar-refractivity contribution in [3.63, 3.8) is 0 Å². The van der Waals surface area contributed by atoms with Crippen LogP contribution >= 0.6 is 0 Å². The van der Waals surface area contributed by atoms with E-state index in [1.807, 2.05) is 13.0 Å². The highest BCUT2D eigenvalue weighted by molar-refractivity contribution is 5.90. The molecule has 0 spiro atoms. The van der Waals surface area contributed by atoms with Gasteiger partial charge in [-0.1, -0.05) is 12.8 Å². The summed E-state index contributed by atoms with van der Waals surface area (Å²) < 4.78 is 1.42. The van der Waals surface area contributed by atoms with Crippen molar-refractivity contribution in [3.8, 4) is 17.0 Å². The Balaban J connectivity index is 2.03. The molecule has 2 aromatic rings. The molecule has 1 fully saturated rings. The molecule has 1 saturated carbocycles. The third-order valence-corrected chi connectivity index (χ3v) is 4.62. The summed E-state index contributed by atoms with van der Waals surface area (Å²) in [6.07, 6.45) is 4.35.